The highest BCUT2D eigenvalue weighted by Crippen LogP contribution is 2.11. The van der Waals surface area contributed by atoms with Crippen molar-refractivity contribution in [3.8, 4) is 0 Å². The molecule has 0 bridgehead atoms. The van der Waals surface area contributed by atoms with Crippen LogP contribution in [0.4, 0.5) is 0 Å². The third-order valence-corrected chi connectivity index (χ3v) is 2.44. The molecule has 0 saturated carbocycles. The fraction of sp³-hybridized carbons (Fsp3) is 1.00. The summed E-state index contributed by atoms with van der Waals surface area (Å²) in [6, 6.07) is 0.455. The molecule has 14 heavy (non-hydrogen) atoms. The standard InChI is InChI=1S/C11H23NO2/c1-3-6-12-10(2)8-13-9-11-5-4-7-14-11/h10-12H,3-9H2,1-2H3. The van der Waals surface area contributed by atoms with Gasteiger partial charge in [0.25, 0.3) is 0 Å². The maximum absolute atomic E-state index is 5.59. The largest absolute Gasteiger partial charge is 0.377 e. The summed E-state index contributed by atoms with van der Waals surface area (Å²) in [5.41, 5.74) is 0. The van der Waals surface area contributed by atoms with Crippen molar-refractivity contribution in [2.75, 3.05) is 26.4 Å². The van der Waals surface area contributed by atoms with Crippen molar-refractivity contribution in [1.82, 2.24) is 5.32 Å². The van der Waals surface area contributed by atoms with E-state index in [0.717, 1.165) is 32.8 Å². The van der Waals surface area contributed by atoms with Gasteiger partial charge >= 0.3 is 0 Å². The molecule has 1 heterocycles. The van der Waals surface area contributed by atoms with E-state index in [-0.39, 0.29) is 0 Å². The zero-order valence-corrected chi connectivity index (χ0v) is 9.42. The first-order chi connectivity index (χ1) is 6.83. The van der Waals surface area contributed by atoms with E-state index >= 15 is 0 Å². The van der Waals surface area contributed by atoms with Gasteiger partial charge < -0.3 is 14.8 Å². The Bertz CT molecular complexity index is 135. The van der Waals surface area contributed by atoms with Crippen LogP contribution < -0.4 is 5.32 Å². The SMILES string of the molecule is CCCNC(C)COCC1CCCO1. The molecular formula is C11H23NO2. The Labute approximate surface area is 87.2 Å². The van der Waals surface area contributed by atoms with Gasteiger partial charge in [-0.2, -0.15) is 0 Å². The molecule has 84 valence electrons. The first-order valence-electron chi connectivity index (χ1n) is 5.75. The smallest absolute Gasteiger partial charge is 0.0809 e. The van der Waals surface area contributed by atoms with Crippen molar-refractivity contribution >= 4 is 0 Å². The van der Waals surface area contributed by atoms with Crippen molar-refractivity contribution in [2.24, 2.45) is 0 Å². The molecule has 0 aliphatic carbocycles. The van der Waals surface area contributed by atoms with Crippen LogP contribution in [0.25, 0.3) is 0 Å². The molecule has 1 aliphatic rings. The molecule has 0 radical (unpaired) electrons. The zero-order chi connectivity index (χ0) is 10.2. The van der Waals surface area contributed by atoms with Crippen molar-refractivity contribution in [3.05, 3.63) is 0 Å². The Morgan fingerprint density at radius 1 is 1.57 bits per heavy atom. The summed E-state index contributed by atoms with van der Waals surface area (Å²) in [4.78, 5) is 0. The molecule has 0 amide bonds. The lowest BCUT2D eigenvalue weighted by Crippen LogP contribution is -2.32. The van der Waals surface area contributed by atoms with Gasteiger partial charge in [0.05, 0.1) is 19.3 Å². The maximum Gasteiger partial charge on any atom is 0.0809 e. The minimum atomic E-state index is 0.355. The van der Waals surface area contributed by atoms with E-state index < -0.39 is 0 Å². The molecule has 3 heteroatoms. The number of ether oxygens (including phenoxy) is 2. The highest BCUT2D eigenvalue weighted by molar-refractivity contribution is 4.65. The average molecular weight is 201 g/mol. The van der Waals surface area contributed by atoms with Gasteiger partial charge in [-0.15, -0.1) is 0 Å². The lowest BCUT2D eigenvalue weighted by molar-refractivity contribution is 0.0116. The van der Waals surface area contributed by atoms with Crippen LogP contribution in [0.3, 0.4) is 0 Å². The average Bonchev–Trinajstić information content (AvgIpc) is 2.67. The van der Waals surface area contributed by atoms with Crippen molar-refractivity contribution in [1.29, 1.82) is 0 Å². The molecule has 1 fully saturated rings. The second-order valence-electron chi connectivity index (χ2n) is 4.03. The highest BCUT2D eigenvalue weighted by Gasteiger charge is 2.15. The summed E-state index contributed by atoms with van der Waals surface area (Å²) in [7, 11) is 0. The maximum atomic E-state index is 5.59. The predicted molar refractivity (Wildman–Crippen MR) is 57.5 cm³/mol. The Balaban J connectivity index is 1.91. The van der Waals surface area contributed by atoms with Crippen LogP contribution in [0.15, 0.2) is 0 Å². The summed E-state index contributed by atoms with van der Waals surface area (Å²) < 4.78 is 11.1. The van der Waals surface area contributed by atoms with Gasteiger partial charge in [-0.25, -0.2) is 0 Å². The second kappa shape index (κ2) is 7.21. The third kappa shape index (κ3) is 4.94. The van der Waals surface area contributed by atoms with E-state index in [4.69, 9.17) is 9.47 Å². The molecular weight excluding hydrogens is 178 g/mol. The summed E-state index contributed by atoms with van der Waals surface area (Å²) in [6.45, 7) is 7.87. The first kappa shape index (κ1) is 12.0. The second-order valence-corrected chi connectivity index (χ2v) is 4.03. The topological polar surface area (TPSA) is 30.5 Å². The lowest BCUT2D eigenvalue weighted by Gasteiger charge is -2.15. The van der Waals surface area contributed by atoms with E-state index in [1.807, 2.05) is 0 Å². The summed E-state index contributed by atoms with van der Waals surface area (Å²) in [6.07, 6.45) is 3.89. The molecule has 1 rings (SSSR count). The summed E-state index contributed by atoms with van der Waals surface area (Å²) in [5, 5.41) is 3.39. The minimum Gasteiger partial charge on any atom is -0.377 e. The van der Waals surface area contributed by atoms with E-state index in [9.17, 15) is 0 Å². The monoisotopic (exact) mass is 201 g/mol. The van der Waals surface area contributed by atoms with Crippen molar-refractivity contribution in [3.63, 3.8) is 0 Å². The summed E-state index contributed by atoms with van der Waals surface area (Å²) in [5.74, 6) is 0. The molecule has 1 N–H and O–H groups in total. The Hall–Kier alpha value is -0.120. The molecule has 1 aliphatic heterocycles. The number of hydrogen-bond acceptors (Lipinski definition) is 3. The van der Waals surface area contributed by atoms with Crippen molar-refractivity contribution in [2.45, 2.75) is 45.3 Å². The Morgan fingerprint density at radius 2 is 2.43 bits per heavy atom. The van der Waals surface area contributed by atoms with Gasteiger partial charge in [0.2, 0.25) is 0 Å². The molecule has 2 unspecified atom stereocenters. The third-order valence-electron chi connectivity index (χ3n) is 2.44. The van der Waals surface area contributed by atoms with E-state index in [0.29, 0.717) is 12.1 Å². The molecule has 2 atom stereocenters. The van der Waals surface area contributed by atoms with E-state index in [2.05, 4.69) is 19.2 Å². The van der Waals surface area contributed by atoms with E-state index in [1.54, 1.807) is 0 Å². The minimum absolute atomic E-state index is 0.355. The summed E-state index contributed by atoms with van der Waals surface area (Å²) >= 11 is 0. The van der Waals surface area contributed by atoms with Crippen LogP contribution in [0, 0.1) is 0 Å². The lowest BCUT2D eigenvalue weighted by atomic mass is 10.2. The first-order valence-corrected chi connectivity index (χ1v) is 5.75. The van der Waals surface area contributed by atoms with Crippen LogP contribution in [0.1, 0.15) is 33.1 Å². The number of rotatable bonds is 7. The van der Waals surface area contributed by atoms with Gasteiger partial charge in [-0.3, -0.25) is 0 Å². The van der Waals surface area contributed by atoms with Crippen LogP contribution in [-0.2, 0) is 9.47 Å². The zero-order valence-electron chi connectivity index (χ0n) is 9.42. The Morgan fingerprint density at radius 3 is 3.07 bits per heavy atom. The molecule has 0 aromatic heterocycles. The van der Waals surface area contributed by atoms with Crippen LogP contribution in [0.2, 0.25) is 0 Å². The molecule has 0 spiro atoms. The van der Waals surface area contributed by atoms with Gasteiger partial charge in [-0.1, -0.05) is 6.92 Å². The molecule has 1 saturated heterocycles. The van der Waals surface area contributed by atoms with Gasteiger partial charge in [0.15, 0.2) is 0 Å². The normalized spacial score (nSPS) is 24.0. The van der Waals surface area contributed by atoms with Crippen molar-refractivity contribution < 1.29 is 9.47 Å². The number of hydrogen-bond donors (Lipinski definition) is 1. The van der Waals surface area contributed by atoms with Gasteiger partial charge in [-0.05, 0) is 32.7 Å². The van der Waals surface area contributed by atoms with E-state index in [1.165, 1.54) is 12.8 Å². The fourth-order valence-electron chi connectivity index (χ4n) is 1.60. The Kier molecular flexibility index (Phi) is 6.15. The van der Waals surface area contributed by atoms with Gasteiger partial charge in [0.1, 0.15) is 0 Å². The number of nitrogens with one attached hydrogen (secondary N) is 1. The molecule has 0 aromatic carbocycles. The highest BCUT2D eigenvalue weighted by atomic mass is 16.5. The molecule has 0 aromatic rings. The van der Waals surface area contributed by atoms with Crippen LogP contribution in [0.5, 0.6) is 0 Å². The fourth-order valence-corrected chi connectivity index (χ4v) is 1.60. The van der Waals surface area contributed by atoms with Crippen LogP contribution in [-0.4, -0.2) is 38.5 Å². The molecule has 3 nitrogen and oxygen atoms in total. The predicted octanol–water partition coefficient (Wildman–Crippen LogP) is 1.57. The quantitative estimate of drug-likeness (QED) is 0.678. The van der Waals surface area contributed by atoms with Gasteiger partial charge in [0, 0.05) is 12.6 Å². The van der Waals surface area contributed by atoms with Crippen LogP contribution >= 0.6 is 0 Å².